The summed E-state index contributed by atoms with van der Waals surface area (Å²) in [6, 6.07) is 12.6. The van der Waals surface area contributed by atoms with Gasteiger partial charge in [-0.3, -0.25) is 9.59 Å². The van der Waals surface area contributed by atoms with Gasteiger partial charge in [-0.05, 0) is 68.4 Å². The molecule has 10 heteroatoms. The van der Waals surface area contributed by atoms with Crippen LogP contribution in [0.3, 0.4) is 0 Å². The van der Waals surface area contributed by atoms with Gasteiger partial charge in [0.2, 0.25) is 15.9 Å². The number of amides is 1. The summed E-state index contributed by atoms with van der Waals surface area (Å²) in [5, 5.41) is 1.31. The van der Waals surface area contributed by atoms with E-state index in [9.17, 15) is 18.0 Å². The Bertz CT molecular complexity index is 1460. The van der Waals surface area contributed by atoms with E-state index >= 15 is 0 Å². The topological polar surface area (TPSA) is 97.7 Å². The Morgan fingerprint density at radius 3 is 2.38 bits per heavy atom. The van der Waals surface area contributed by atoms with Crippen molar-refractivity contribution in [1.29, 1.82) is 0 Å². The average Bonchev–Trinajstić information content (AvgIpc) is 3.20. The summed E-state index contributed by atoms with van der Waals surface area (Å²) in [5.74, 6) is -0.159. The van der Waals surface area contributed by atoms with E-state index in [-0.39, 0.29) is 28.7 Å². The smallest absolute Gasteiger partial charge is 0.305 e. The molecule has 0 atom stereocenters. The predicted molar refractivity (Wildman–Crippen MR) is 153 cm³/mol. The van der Waals surface area contributed by atoms with Gasteiger partial charge in [-0.25, -0.2) is 13.1 Å². The van der Waals surface area contributed by atoms with E-state index < -0.39 is 10.0 Å². The molecule has 3 aromatic rings. The lowest BCUT2D eigenvalue weighted by Gasteiger charge is -2.30. The number of nitrogens with zero attached hydrogens (tertiary/aromatic N) is 2. The Morgan fingerprint density at radius 1 is 1.10 bits per heavy atom. The lowest BCUT2D eigenvalue weighted by Crippen LogP contribution is -2.41. The van der Waals surface area contributed by atoms with Crippen molar-refractivity contribution in [2.45, 2.75) is 56.4 Å². The number of nitrogens with one attached hydrogen (secondary N) is 1. The number of aromatic nitrogens is 1. The number of esters is 1. The fourth-order valence-electron chi connectivity index (χ4n) is 5.25. The Hall–Kier alpha value is -2.88. The molecule has 1 fully saturated rings. The Balaban J connectivity index is 1.51. The molecule has 1 amide bonds. The molecule has 39 heavy (non-hydrogen) atoms. The molecule has 1 aromatic heterocycles. The van der Waals surface area contributed by atoms with Gasteiger partial charge in [0.1, 0.15) is 0 Å². The molecule has 2 aromatic carbocycles. The molecule has 8 nitrogen and oxygen atoms in total. The summed E-state index contributed by atoms with van der Waals surface area (Å²) in [5.41, 5.74) is 3.40. The predicted octanol–water partition coefficient (Wildman–Crippen LogP) is 4.92. The second-order valence-electron chi connectivity index (χ2n) is 10.2. The van der Waals surface area contributed by atoms with Gasteiger partial charge in [0.15, 0.2) is 0 Å². The van der Waals surface area contributed by atoms with Crippen LogP contribution in [0.4, 0.5) is 0 Å². The summed E-state index contributed by atoms with van der Waals surface area (Å²) >= 11 is 6.77. The first-order chi connectivity index (χ1) is 18.6. The number of carbonyl (C=O) groups excluding carboxylic acids is 2. The molecule has 0 bridgehead atoms. The fourth-order valence-corrected chi connectivity index (χ4v) is 6.97. The molecule has 1 N–H and O–H groups in total. The molecule has 1 aliphatic rings. The van der Waals surface area contributed by atoms with Gasteiger partial charge in [0.25, 0.3) is 0 Å². The van der Waals surface area contributed by atoms with E-state index in [0.717, 1.165) is 22.2 Å². The fraction of sp³-hybridized carbons (Fsp3) is 0.448. The second-order valence-corrected chi connectivity index (χ2v) is 12.3. The lowest BCUT2D eigenvalue weighted by molar-refractivity contribution is -0.140. The van der Waals surface area contributed by atoms with Crippen molar-refractivity contribution in [3.63, 3.8) is 0 Å². The molecule has 0 spiro atoms. The third-order valence-corrected chi connectivity index (χ3v) is 9.64. The molecule has 0 radical (unpaired) electrons. The van der Waals surface area contributed by atoms with Gasteiger partial charge in [0, 0.05) is 44.4 Å². The van der Waals surface area contributed by atoms with Crippen LogP contribution < -0.4 is 4.72 Å². The molecule has 1 saturated carbocycles. The molecular formula is C29H36ClN3O5S. The number of sulfonamides is 1. The number of aryl methyl sites for hydroxylation is 2. The lowest BCUT2D eigenvalue weighted by atomic mass is 9.85. The highest BCUT2D eigenvalue weighted by atomic mass is 35.5. The minimum Gasteiger partial charge on any atom is -0.469 e. The maximum absolute atomic E-state index is 13.3. The van der Waals surface area contributed by atoms with Crippen LogP contribution in [-0.2, 0) is 37.8 Å². The third-order valence-electron chi connectivity index (χ3n) is 7.74. The van der Waals surface area contributed by atoms with Crippen molar-refractivity contribution in [2.75, 3.05) is 20.7 Å². The number of rotatable bonds is 9. The van der Waals surface area contributed by atoms with Crippen molar-refractivity contribution in [2.24, 2.45) is 13.0 Å². The SMILES string of the molecule is CCN(C)C(=O)C1CCC(NS(=O)(=O)c2ccc3c(Cl)c(-c4ccc(CCC(=O)OC)cc4)n(C)c3c2)CC1. The van der Waals surface area contributed by atoms with Crippen LogP contribution in [0.25, 0.3) is 22.2 Å². The first-order valence-corrected chi connectivity index (χ1v) is 15.1. The van der Waals surface area contributed by atoms with E-state index in [1.165, 1.54) is 7.11 Å². The molecule has 0 saturated heterocycles. The molecule has 1 aliphatic carbocycles. The van der Waals surface area contributed by atoms with Crippen LogP contribution in [-0.4, -0.2) is 56.5 Å². The van der Waals surface area contributed by atoms with E-state index in [1.54, 1.807) is 30.1 Å². The van der Waals surface area contributed by atoms with Crippen molar-refractivity contribution < 1.29 is 22.7 Å². The number of carbonyl (C=O) groups is 2. The summed E-state index contributed by atoms with van der Waals surface area (Å²) in [4.78, 5) is 25.8. The molecule has 0 unspecified atom stereocenters. The van der Waals surface area contributed by atoms with E-state index in [0.29, 0.717) is 55.6 Å². The summed E-state index contributed by atoms with van der Waals surface area (Å²) < 4.78 is 36.1. The van der Waals surface area contributed by atoms with Gasteiger partial charge in [-0.15, -0.1) is 0 Å². The van der Waals surface area contributed by atoms with E-state index in [2.05, 4.69) is 4.72 Å². The highest BCUT2D eigenvalue weighted by molar-refractivity contribution is 7.89. The first kappa shape index (κ1) is 29.1. The monoisotopic (exact) mass is 573 g/mol. The normalized spacial score (nSPS) is 17.8. The molecule has 0 aliphatic heterocycles. The first-order valence-electron chi connectivity index (χ1n) is 13.3. The van der Waals surface area contributed by atoms with Crippen molar-refractivity contribution >= 4 is 44.4 Å². The van der Waals surface area contributed by atoms with Crippen LogP contribution in [0, 0.1) is 5.92 Å². The zero-order chi connectivity index (χ0) is 28.3. The number of benzene rings is 2. The van der Waals surface area contributed by atoms with Crippen LogP contribution in [0.15, 0.2) is 47.4 Å². The van der Waals surface area contributed by atoms with Crippen LogP contribution in [0.5, 0.6) is 0 Å². The number of hydrogen-bond donors (Lipinski definition) is 1. The standard InChI is InChI=1S/C29H36ClN3O5S/c1-5-32(2)29(35)21-11-13-22(14-12-21)31-39(36,37)23-15-16-24-25(18-23)33(3)28(27(24)30)20-9-6-19(7-10-20)8-17-26(34)38-4/h6-7,9-10,15-16,18,21-22,31H,5,8,11-14,17H2,1-4H3. The number of fused-ring (bicyclic) bond motifs is 1. The second kappa shape index (κ2) is 12.1. The van der Waals surface area contributed by atoms with Gasteiger partial charge >= 0.3 is 5.97 Å². The number of ether oxygens (including phenoxy) is 1. The number of hydrogen-bond acceptors (Lipinski definition) is 5. The van der Waals surface area contributed by atoms with Crippen molar-refractivity contribution in [3.8, 4) is 11.3 Å². The third kappa shape index (κ3) is 6.31. The average molecular weight is 574 g/mol. The van der Waals surface area contributed by atoms with Crippen LogP contribution in [0.2, 0.25) is 5.02 Å². The van der Waals surface area contributed by atoms with Gasteiger partial charge in [-0.1, -0.05) is 35.9 Å². The Labute approximate surface area is 235 Å². The van der Waals surface area contributed by atoms with Crippen molar-refractivity contribution in [1.82, 2.24) is 14.2 Å². The van der Waals surface area contributed by atoms with Gasteiger partial charge < -0.3 is 14.2 Å². The summed E-state index contributed by atoms with van der Waals surface area (Å²) in [6.45, 7) is 2.62. The Kier molecular flexibility index (Phi) is 9.03. The Morgan fingerprint density at radius 2 is 1.77 bits per heavy atom. The van der Waals surface area contributed by atoms with Gasteiger partial charge in [0.05, 0.1) is 28.2 Å². The summed E-state index contributed by atoms with van der Waals surface area (Å²) in [6.07, 6.45) is 3.50. The highest BCUT2D eigenvalue weighted by Gasteiger charge is 2.30. The van der Waals surface area contributed by atoms with E-state index in [1.807, 2.05) is 42.8 Å². The molecule has 4 rings (SSSR count). The van der Waals surface area contributed by atoms with Crippen molar-refractivity contribution in [3.05, 3.63) is 53.1 Å². The molecule has 210 valence electrons. The minimum absolute atomic E-state index is 0.0436. The van der Waals surface area contributed by atoms with E-state index in [4.69, 9.17) is 16.3 Å². The quantitative estimate of drug-likeness (QED) is 0.366. The number of methoxy groups -OCH3 is 1. The minimum atomic E-state index is -3.76. The maximum Gasteiger partial charge on any atom is 0.305 e. The zero-order valence-electron chi connectivity index (χ0n) is 22.9. The maximum atomic E-state index is 13.3. The van der Waals surface area contributed by atoms with Gasteiger partial charge in [-0.2, -0.15) is 0 Å². The zero-order valence-corrected chi connectivity index (χ0v) is 24.4. The highest BCUT2D eigenvalue weighted by Crippen LogP contribution is 2.38. The van der Waals surface area contributed by atoms with Crippen LogP contribution >= 0.6 is 11.6 Å². The number of halogens is 1. The van der Waals surface area contributed by atoms with Crippen LogP contribution in [0.1, 0.15) is 44.6 Å². The molecular weight excluding hydrogens is 538 g/mol. The largest absolute Gasteiger partial charge is 0.469 e. The summed E-state index contributed by atoms with van der Waals surface area (Å²) in [7, 11) is 1.29. The molecule has 1 heterocycles.